The Morgan fingerprint density at radius 3 is 2.67 bits per heavy atom. The monoisotopic (exact) mass is 296 g/mol. The Kier molecular flexibility index (Phi) is 6.06. The zero-order valence-corrected chi connectivity index (χ0v) is 13.8. The van der Waals surface area contributed by atoms with E-state index in [1.807, 2.05) is 4.90 Å². The molecule has 0 radical (unpaired) electrons. The summed E-state index contributed by atoms with van der Waals surface area (Å²) in [6.07, 6.45) is 7.85. The largest absolute Gasteiger partial charge is 0.376 e. The van der Waals surface area contributed by atoms with Crippen molar-refractivity contribution in [3.8, 4) is 0 Å². The average molecular weight is 296 g/mol. The van der Waals surface area contributed by atoms with E-state index in [4.69, 9.17) is 10.5 Å². The second kappa shape index (κ2) is 7.59. The van der Waals surface area contributed by atoms with E-state index in [1.54, 1.807) is 0 Å². The molecule has 1 aliphatic carbocycles. The van der Waals surface area contributed by atoms with Crippen molar-refractivity contribution in [2.45, 2.75) is 64.9 Å². The smallest absolute Gasteiger partial charge is 0.223 e. The number of rotatable bonds is 6. The molecule has 1 amide bonds. The van der Waals surface area contributed by atoms with E-state index >= 15 is 0 Å². The van der Waals surface area contributed by atoms with Gasteiger partial charge in [-0.25, -0.2) is 0 Å². The molecule has 0 aromatic carbocycles. The highest BCUT2D eigenvalue weighted by Crippen LogP contribution is 2.39. The van der Waals surface area contributed by atoms with Crippen LogP contribution in [0.5, 0.6) is 0 Å². The Morgan fingerprint density at radius 1 is 1.33 bits per heavy atom. The third-order valence-corrected chi connectivity index (χ3v) is 5.04. The predicted molar refractivity (Wildman–Crippen MR) is 85.0 cm³/mol. The van der Waals surface area contributed by atoms with Crippen molar-refractivity contribution in [1.29, 1.82) is 0 Å². The van der Waals surface area contributed by atoms with Crippen molar-refractivity contribution < 1.29 is 9.53 Å². The number of nitrogens with two attached hydrogens (primary N) is 1. The number of nitrogens with zero attached hydrogens (tertiary/aromatic N) is 1. The molecular weight excluding hydrogens is 264 g/mol. The van der Waals surface area contributed by atoms with Crippen molar-refractivity contribution in [2.24, 2.45) is 17.1 Å². The predicted octanol–water partition coefficient (Wildman–Crippen LogP) is 2.56. The summed E-state index contributed by atoms with van der Waals surface area (Å²) in [6, 6.07) is 0. The number of carbonyl (C=O) groups excluding carboxylic acids is 1. The van der Waals surface area contributed by atoms with Crippen molar-refractivity contribution >= 4 is 5.91 Å². The highest BCUT2D eigenvalue weighted by Gasteiger charge is 2.36. The molecule has 0 bridgehead atoms. The van der Waals surface area contributed by atoms with Gasteiger partial charge < -0.3 is 15.4 Å². The summed E-state index contributed by atoms with van der Waals surface area (Å²) < 4.78 is 5.87. The summed E-state index contributed by atoms with van der Waals surface area (Å²) in [5, 5.41) is 0. The van der Waals surface area contributed by atoms with Gasteiger partial charge in [-0.1, -0.05) is 33.1 Å². The molecule has 2 aliphatic rings. The fourth-order valence-electron chi connectivity index (χ4n) is 3.61. The molecule has 2 fully saturated rings. The lowest BCUT2D eigenvalue weighted by atomic mass is 9.71. The van der Waals surface area contributed by atoms with Gasteiger partial charge >= 0.3 is 0 Å². The Balaban J connectivity index is 1.81. The van der Waals surface area contributed by atoms with Gasteiger partial charge in [0.15, 0.2) is 0 Å². The van der Waals surface area contributed by atoms with E-state index in [1.165, 1.54) is 19.3 Å². The van der Waals surface area contributed by atoms with E-state index in [0.29, 0.717) is 18.9 Å². The molecule has 0 aromatic heterocycles. The van der Waals surface area contributed by atoms with Crippen LogP contribution in [0.25, 0.3) is 0 Å². The van der Waals surface area contributed by atoms with E-state index in [0.717, 1.165) is 39.0 Å². The Hall–Kier alpha value is -0.610. The second-order valence-electron chi connectivity index (χ2n) is 7.42. The molecule has 0 aromatic rings. The number of hydrogen-bond donors (Lipinski definition) is 1. The molecule has 1 saturated heterocycles. The normalized spacial score (nSPS) is 25.5. The average Bonchev–Trinajstić information content (AvgIpc) is 2.95. The summed E-state index contributed by atoms with van der Waals surface area (Å²) in [5.74, 6) is 0.843. The molecule has 1 unspecified atom stereocenters. The van der Waals surface area contributed by atoms with Crippen LogP contribution in [0.15, 0.2) is 0 Å². The van der Waals surface area contributed by atoms with E-state index < -0.39 is 0 Å². The van der Waals surface area contributed by atoms with Crippen LogP contribution in [0, 0.1) is 11.3 Å². The second-order valence-corrected chi connectivity index (χ2v) is 7.42. The van der Waals surface area contributed by atoms with Gasteiger partial charge in [0, 0.05) is 26.1 Å². The molecule has 1 atom stereocenters. The summed E-state index contributed by atoms with van der Waals surface area (Å²) in [4.78, 5) is 14.6. The minimum absolute atomic E-state index is 0.0756. The van der Waals surface area contributed by atoms with Crippen LogP contribution < -0.4 is 5.73 Å². The summed E-state index contributed by atoms with van der Waals surface area (Å²) in [5.41, 5.74) is 6.07. The third kappa shape index (κ3) is 4.68. The van der Waals surface area contributed by atoms with Gasteiger partial charge in [0.1, 0.15) is 0 Å². The van der Waals surface area contributed by atoms with Gasteiger partial charge in [-0.2, -0.15) is 0 Å². The topological polar surface area (TPSA) is 55.6 Å². The first-order chi connectivity index (χ1) is 10.0. The van der Waals surface area contributed by atoms with Crippen LogP contribution in [-0.4, -0.2) is 43.2 Å². The standard InChI is InChI=1S/C17H32N2O2/c1-14(2)12-21-15-6-9-19(11-15)16(20)10-17(13-18)7-4-3-5-8-17/h14-15H,3-13,18H2,1-2H3. The molecule has 1 saturated carbocycles. The van der Waals surface area contributed by atoms with E-state index in [-0.39, 0.29) is 17.4 Å². The van der Waals surface area contributed by atoms with Crippen molar-refractivity contribution in [2.75, 3.05) is 26.2 Å². The zero-order chi connectivity index (χ0) is 15.3. The van der Waals surface area contributed by atoms with E-state index in [9.17, 15) is 4.79 Å². The molecule has 21 heavy (non-hydrogen) atoms. The maximum absolute atomic E-state index is 12.6. The van der Waals surface area contributed by atoms with Crippen molar-refractivity contribution in [3.63, 3.8) is 0 Å². The van der Waals surface area contributed by atoms with Crippen LogP contribution in [0.4, 0.5) is 0 Å². The highest BCUT2D eigenvalue weighted by atomic mass is 16.5. The maximum Gasteiger partial charge on any atom is 0.223 e. The molecule has 2 rings (SSSR count). The molecule has 0 spiro atoms. The fraction of sp³-hybridized carbons (Fsp3) is 0.941. The summed E-state index contributed by atoms with van der Waals surface area (Å²) >= 11 is 0. The maximum atomic E-state index is 12.6. The first-order valence-electron chi connectivity index (χ1n) is 8.64. The van der Waals surface area contributed by atoms with Gasteiger partial charge in [0.05, 0.1) is 6.10 Å². The van der Waals surface area contributed by atoms with Crippen LogP contribution in [0.1, 0.15) is 58.8 Å². The lowest BCUT2D eigenvalue weighted by molar-refractivity contribution is -0.133. The quantitative estimate of drug-likeness (QED) is 0.819. The molecule has 1 aliphatic heterocycles. The lowest BCUT2D eigenvalue weighted by Crippen LogP contribution is -2.40. The number of amides is 1. The number of hydrogen-bond acceptors (Lipinski definition) is 3. The highest BCUT2D eigenvalue weighted by molar-refractivity contribution is 5.77. The molecule has 122 valence electrons. The first-order valence-corrected chi connectivity index (χ1v) is 8.64. The van der Waals surface area contributed by atoms with Crippen LogP contribution in [-0.2, 0) is 9.53 Å². The third-order valence-electron chi connectivity index (χ3n) is 5.04. The summed E-state index contributed by atoms with van der Waals surface area (Å²) in [6.45, 7) is 7.38. The van der Waals surface area contributed by atoms with Crippen LogP contribution in [0.2, 0.25) is 0 Å². The lowest BCUT2D eigenvalue weighted by Gasteiger charge is -2.36. The molecule has 1 heterocycles. The van der Waals surface area contributed by atoms with Crippen molar-refractivity contribution in [1.82, 2.24) is 4.90 Å². The fourth-order valence-corrected chi connectivity index (χ4v) is 3.61. The van der Waals surface area contributed by atoms with Gasteiger partial charge in [0.2, 0.25) is 5.91 Å². The molecule has 4 nitrogen and oxygen atoms in total. The van der Waals surface area contributed by atoms with Crippen LogP contribution in [0.3, 0.4) is 0 Å². The Morgan fingerprint density at radius 2 is 2.05 bits per heavy atom. The van der Waals surface area contributed by atoms with Crippen molar-refractivity contribution in [3.05, 3.63) is 0 Å². The SMILES string of the molecule is CC(C)COC1CCN(C(=O)CC2(CN)CCCCC2)C1. The summed E-state index contributed by atoms with van der Waals surface area (Å²) in [7, 11) is 0. The van der Waals surface area contributed by atoms with Gasteiger partial charge in [-0.15, -0.1) is 0 Å². The number of carbonyl (C=O) groups is 1. The van der Waals surface area contributed by atoms with Gasteiger partial charge in [-0.05, 0) is 37.1 Å². The number of ether oxygens (including phenoxy) is 1. The minimum atomic E-state index is 0.0756. The van der Waals surface area contributed by atoms with Gasteiger partial charge in [-0.3, -0.25) is 4.79 Å². The van der Waals surface area contributed by atoms with Gasteiger partial charge in [0.25, 0.3) is 0 Å². The molecular formula is C17H32N2O2. The van der Waals surface area contributed by atoms with E-state index in [2.05, 4.69) is 13.8 Å². The van der Waals surface area contributed by atoms with Crippen LogP contribution >= 0.6 is 0 Å². The Bertz CT molecular complexity index is 338. The minimum Gasteiger partial charge on any atom is -0.376 e. The Labute approximate surface area is 129 Å². The first kappa shape index (κ1) is 16.8. The zero-order valence-electron chi connectivity index (χ0n) is 13.8. The number of likely N-dealkylation sites (tertiary alicyclic amines) is 1. The molecule has 4 heteroatoms. The molecule has 2 N–H and O–H groups in total.